The van der Waals surface area contributed by atoms with Gasteiger partial charge in [-0.05, 0) is 37.3 Å². The Bertz CT molecular complexity index is 904. The fourth-order valence-corrected chi connectivity index (χ4v) is 3.42. The molecule has 0 atom stereocenters. The number of nitrogen functional groups attached to an aromatic ring is 1. The normalized spacial score (nSPS) is 12.1. The second kappa shape index (κ2) is 5.59. The van der Waals surface area contributed by atoms with Gasteiger partial charge in [0.1, 0.15) is 4.90 Å². The van der Waals surface area contributed by atoms with Gasteiger partial charge in [-0.1, -0.05) is 17.7 Å². The maximum atomic E-state index is 12.2. The van der Waals surface area contributed by atoms with E-state index in [-0.39, 0.29) is 16.3 Å². The van der Waals surface area contributed by atoms with Crippen molar-refractivity contribution in [1.82, 2.24) is 0 Å². The van der Waals surface area contributed by atoms with E-state index in [4.69, 9.17) is 10.3 Å². The van der Waals surface area contributed by atoms with E-state index >= 15 is 0 Å². The molecule has 0 aromatic heterocycles. The molecule has 0 saturated heterocycles. The molecule has 0 saturated carbocycles. The number of hydrogen-bond donors (Lipinski definition) is 3. The highest BCUT2D eigenvalue weighted by molar-refractivity contribution is 7.92. The number of rotatable bonds is 4. The van der Waals surface area contributed by atoms with Crippen LogP contribution >= 0.6 is 0 Å². The van der Waals surface area contributed by atoms with Gasteiger partial charge in [-0.3, -0.25) is 9.27 Å². The fraction of sp³-hybridized carbons (Fsp3) is 0.0769. The molecule has 0 bridgehead atoms. The lowest BCUT2D eigenvalue weighted by molar-refractivity contribution is 0.483. The third-order valence-electron chi connectivity index (χ3n) is 2.87. The number of benzene rings is 2. The Labute approximate surface area is 128 Å². The van der Waals surface area contributed by atoms with Crippen LogP contribution in [0.5, 0.6) is 0 Å². The van der Waals surface area contributed by atoms with Gasteiger partial charge >= 0.3 is 0 Å². The van der Waals surface area contributed by atoms with E-state index in [0.29, 0.717) is 0 Å². The van der Waals surface area contributed by atoms with Gasteiger partial charge < -0.3 is 5.73 Å². The monoisotopic (exact) mass is 342 g/mol. The second-order valence-corrected chi connectivity index (χ2v) is 7.72. The van der Waals surface area contributed by atoms with Crippen molar-refractivity contribution in [3.8, 4) is 0 Å². The summed E-state index contributed by atoms with van der Waals surface area (Å²) in [5, 5.41) is 0. The Balaban J connectivity index is 2.35. The summed E-state index contributed by atoms with van der Waals surface area (Å²) in [6, 6.07) is 9.56. The van der Waals surface area contributed by atoms with Crippen LogP contribution in [-0.2, 0) is 20.1 Å². The molecule has 0 aliphatic carbocycles. The zero-order chi connectivity index (χ0) is 16.5. The van der Waals surface area contributed by atoms with Gasteiger partial charge in [-0.2, -0.15) is 8.42 Å². The van der Waals surface area contributed by atoms with Crippen LogP contribution in [-0.4, -0.2) is 21.4 Å². The van der Waals surface area contributed by atoms with Crippen LogP contribution in [0.1, 0.15) is 5.56 Å². The Morgan fingerprint density at radius 2 is 1.59 bits per heavy atom. The minimum absolute atomic E-state index is 0.0653. The van der Waals surface area contributed by atoms with E-state index in [1.807, 2.05) is 6.92 Å². The molecule has 7 nitrogen and oxygen atoms in total. The molecule has 0 radical (unpaired) electrons. The topological polar surface area (TPSA) is 127 Å². The van der Waals surface area contributed by atoms with Crippen molar-refractivity contribution in [2.75, 3.05) is 10.5 Å². The van der Waals surface area contributed by atoms with Crippen LogP contribution in [0.25, 0.3) is 0 Å². The number of hydrogen-bond acceptors (Lipinski definition) is 5. The van der Waals surface area contributed by atoms with Gasteiger partial charge in [0.05, 0.1) is 16.3 Å². The van der Waals surface area contributed by atoms with E-state index in [0.717, 1.165) is 17.7 Å². The van der Waals surface area contributed by atoms with E-state index in [1.165, 1.54) is 18.2 Å². The first-order chi connectivity index (χ1) is 10.1. The van der Waals surface area contributed by atoms with Crippen LogP contribution < -0.4 is 10.5 Å². The molecule has 0 spiro atoms. The zero-order valence-corrected chi connectivity index (χ0v) is 13.1. The summed E-state index contributed by atoms with van der Waals surface area (Å²) in [4.78, 5) is -0.415. The predicted molar refractivity (Wildman–Crippen MR) is 82.7 cm³/mol. The third-order valence-corrected chi connectivity index (χ3v) is 5.20. The lowest BCUT2D eigenvalue weighted by Crippen LogP contribution is -2.13. The summed E-state index contributed by atoms with van der Waals surface area (Å²) < 4.78 is 57.7. The Hall–Kier alpha value is -2.10. The lowest BCUT2D eigenvalue weighted by atomic mass is 10.2. The van der Waals surface area contributed by atoms with Crippen molar-refractivity contribution in [1.29, 1.82) is 0 Å². The highest BCUT2D eigenvalue weighted by atomic mass is 32.2. The quantitative estimate of drug-likeness (QED) is 0.572. The molecule has 0 fully saturated rings. The Morgan fingerprint density at radius 1 is 1.00 bits per heavy atom. The molecule has 0 aliphatic heterocycles. The van der Waals surface area contributed by atoms with E-state index in [2.05, 4.69) is 4.72 Å². The third kappa shape index (κ3) is 3.56. The summed E-state index contributed by atoms with van der Waals surface area (Å²) in [5.74, 6) is 0. The standard InChI is InChI=1S/C13H14N2O5S2/c1-9-2-5-11(6-3-9)21(16,17)15-10-4-7-13(12(14)8-10)22(18,19)20/h2-8,15H,14H2,1H3,(H,18,19,20). The first-order valence-corrected chi connectivity index (χ1v) is 8.98. The summed E-state index contributed by atoms with van der Waals surface area (Å²) in [6.45, 7) is 1.83. The molecule has 2 aromatic carbocycles. The maximum Gasteiger partial charge on any atom is 0.296 e. The van der Waals surface area contributed by atoms with Crippen molar-refractivity contribution in [3.05, 3.63) is 48.0 Å². The predicted octanol–water partition coefficient (Wildman–Crippen LogP) is 1.62. The summed E-state index contributed by atoms with van der Waals surface area (Å²) in [6.07, 6.45) is 0. The highest BCUT2D eigenvalue weighted by Crippen LogP contribution is 2.24. The summed E-state index contributed by atoms with van der Waals surface area (Å²) in [5.41, 5.74) is 6.26. The second-order valence-electron chi connectivity index (χ2n) is 4.65. The zero-order valence-electron chi connectivity index (χ0n) is 11.5. The molecule has 0 amide bonds. The van der Waals surface area contributed by atoms with Crippen LogP contribution in [0.4, 0.5) is 11.4 Å². The number of anilines is 2. The van der Waals surface area contributed by atoms with Crippen LogP contribution in [0.3, 0.4) is 0 Å². The molecule has 0 unspecified atom stereocenters. The largest absolute Gasteiger partial charge is 0.398 e. The molecular formula is C13H14N2O5S2. The summed E-state index contributed by atoms with van der Waals surface area (Å²) in [7, 11) is -8.27. The van der Waals surface area contributed by atoms with Gasteiger partial charge in [-0.25, -0.2) is 8.42 Å². The smallest absolute Gasteiger partial charge is 0.296 e. The molecule has 0 heterocycles. The number of nitrogens with two attached hydrogens (primary N) is 1. The molecule has 4 N–H and O–H groups in total. The van der Waals surface area contributed by atoms with Crippen LogP contribution in [0.2, 0.25) is 0 Å². The Kier molecular flexibility index (Phi) is 4.14. The highest BCUT2D eigenvalue weighted by Gasteiger charge is 2.17. The van der Waals surface area contributed by atoms with Crippen molar-refractivity contribution in [3.63, 3.8) is 0 Å². The van der Waals surface area contributed by atoms with Crippen LogP contribution in [0, 0.1) is 6.92 Å². The van der Waals surface area contributed by atoms with Crippen LogP contribution in [0.15, 0.2) is 52.3 Å². The average molecular weight is 342 g/mol. The maximum absolute atomic E-state index is 12.2. The van der Waals surface area contributed by atoms with Gasteiger partial charge in [0.25, 0.3) is 20.1 Å². The van der Waals surface area contributed by atoms with Crippen molar-refractivity contribution in [2.24, 2.45) is 0 Å². The van der Waals surface area contributed by atoms with Gasteiger partial charge in [-0.15, -0.1) is 0 Å². The number of sulfonamides is 1. The van der Waals surface area contributed by atoms with E-state index in [9.17, 15) is 16.8 Å². The molecule has 2 rings (SSSR count). The van der Waals surface area contributed by atoms with Crippen molar-refractivity contribution < 1.29 is 21.4 Å². The minimum Gasteiger partial charge on any atom is -0.398 e. The van der Waals surface area contributed by atoms with E-state index in [1.54, 1.807) is 12.1 Å². The molecule has 22 heavy (non-hydrogen) atoms. The SMILES string of the molecule is Cc1ccc(S(=O)(=O)Nc2ccc(S(=O)(=O)O)c(N)c2)cc1. The minimum atomic E-state index is -4.45. The van der Waals surface area contributed by atoms with E-state index < -0.39 is 25.0 Å². The van der Waals surface area contributed by atoms with Crippen molar-refractivity contribution in [2.45, 2.75) is 16.7 Å². The molecule has 9 heteroatoms. The number of aryl methyl sites for hydroxylation is 1. The average Bonchev–Trinajstić information content (AvgIpc) is 2.37. The summed E-state index contributed by atoms with van der Waals surface area (Å²) >= 11 is 0. The molecule has 118 valence electrons. The fourth-order valence-electron chi connectivity index (χ4n) is 1.78. The number of nitrogens with one attached hydrogen (secondary N) is 1. The Morgan fingerprint density at radius 3 is 2.09 bits per heavy atom. The first-order valence-electron chi connectivity index (χ1n) is 6.06. The lowest BCUT2D eigenvalue weighted by Gasteiger charge is -2.10. The van der Waals surface area contributed by atoms with Gasteiger partial charge in [0.2, 0.25) is 0 Å². The molecule has 0 aliphatic rings. The van der Waals surface area contributed by atoms with Gasteiger partial charge in [0.15, 0.2) is 0 Å². The molecular weight excluding hydrogens is 328 g/mol. The molecule has 2 aromatic rings. The van der Waals surface area contributed by atoms with Crippen molar-refractivity contribution >= 4 is 31.5 Å². The van der Waals surface area contributed by atoms with Gasteiger partial charge in [0, 0.05) is 0 Å². The first kappa shape index (κ1) is 16.3.